The average Bonchev–Trinajstić information content (AvgIpc) is 3.06. The van der Waals surface area contributed by atoms with Gasteiger partial charge >= 0.3 is 6.03 Å². The van der Waals surface area contributed by atoms with Gasteiger partial charge in [-0.1, -0.05) is 39.0 Å². The van der Waals surface area contributed by atoms with Crippen molar-refractivity contribution in [1.29, 1.82) is 0 Å². The third-order valence-corrected chi connectivity index (χ3v) is 5.67. The Morgan fingerprint density at radius 2 is 1.93 bits per heavy atom. The van der Waals surface area contributed by atoms with Crippen LogP contribution in [0.15, 0.2) is 29.4 Å². The minimum Gasteiger partial charge on any atom is -0.497 e. The molecule has 1 heterocycles. The molecule has 0 aliphatic carbocycles. The third-order valence-electron chi connectivity index (χ3n) is 4.14. The summed E-state index contributed by atoms with van der Waals surface area (Å²) in [5.41, 5.74) is 6.02. The first-order valence-electron chi connectivity index (χ1n) is 9.21. The second-order valence-electron chi connectivity index (χ2n) is 6.68. The Hall–Kier alpha value is -2.55. The summed E-state index contributed by atoms with van der Waals surface area (Å²) < 4.78 is 7.23. The van der Waals surface area contributed by atoms with Crippen molar-refractivity contribution in [2.24, 2.45) is 11.7 Å². The van der Waals surface area contributed by atoms with Crippen molar-refractivity contribution in [2.45, 2.75) is 50.6 Å². The molecule has 0 bridgehead atoms. The van der Waals surface area contributed by atoms with Crippen LogP contribution in [0.5, 0.6) is 5.75 Å². The van der Waals surface area contributed by atoms with Crippen molar-refractivity contribution in [1.82, 2.24) is 20.1 Å². The number of unbranched alkanes of at least 4 members (excludes halogenated alkanes) is 1. The van der Waals surface area contributed by atoms with Crippen molar-refractivity contribution >= 4 is 23.7 Å². The number of thioether (sulfide) groups is 1. The minimum absolute atomic E-state index is 0.0230. The van der Waals surface area contributed by atoms with E-state index >= 15 is 0 Å². The molecule has 0 aliphatic heterocycles. The molecule has 0 aliphatic rings. The predicted molar refractivity (Wildman–Crippen MR) is 109 cm³/mol. The Bertz CT molecular complexity index is 804. The molecule has 0 fully saturated rings. The molecule has 0 radical (unpaired) electrons. The molecule has 0 saturated carbocycles. The molecular formula is C19H27N5O3S. The van der Waals surface area contributed by atoms with Crippen molar-refractivity contribution < 1.29 is 14.3 Å². The van der Waals surface area contributed by atoms with Gasteiger partial charge in [0, 0.05) is 12.1 Å². The van der Waals surface area contributed by atoms with E-state index in [4.69, 9.17) is 10.5 Å². The van der Waals surface area contributed by atoms with Crippen LogP contribution in [0, 0.1) is 5.92 Å². The number of primary amides is 1. The third kappa shape index (κ3) is 5.48. The number of carbonyl (C=O) groups is 2. The first-order chi connectivity index (χ1) is 13.4. The number of nitrogens with zero attached hydrogens (tertiary/aromatic N) is 3. The van der Waals surface area contributed by atoms with E-state index in [1.165, 1.54) is 11.8 Å². The second kappa shape index (κ2) is 10.1. The first kappa shape index (κ1) is 21.7. The Labute approximate surface area is 169 Å². The van der Waals surface area contributed by atoms with Gasteiger partial charge in [-0.25, -0.2) is 4.79 Å². The lowest BCUT2D eigenvalue weighted by Gasteiger charge is -2.19. The van der Waals surface area contributed by atoms with Crippen molar-refractivity contribution in [2.75, 3.05) is 7.11 Å². The van der Waals surface area contributed by atoms with Gasteiger partial charge in [-0.15, -0.1) is 10.2 Å². The zero-order valence-electron chi connectivity index (χ0n) is 16.6. The lowest BCUT2D eigenvalue weighted by molar-refractivity contribution is -0.120. The van der Waals surface area contributed by atoms with E-state index < -0.39 is 17.2 Å². The summed E-state index contributed by atoms with van der Waals surface area (Å²) >= 11 is 1.29. The number of urea groups is 1. The first-order valence-corrected chi connectivity index (χ1v) is 10.1. The van der Waals surface area contributed by atoms with Crippen LogP contribution >= 0.6 is 11.8 Å². The van der Waals surface area contributed by atoms with E-state index in [9.17, 15) is 9.59 Å². The topological polar surface area (TPSA) is 112 Å². The second-order valence-corrected chi connectivity index (χ2v) is 7.78. The summed E-state index contributed by atoms with van der Waals surface area (Å²) in [6.07, 6.45) is 1.97. The molecule has 3 N–H and O–H groups in total. The Kier molecular flexibility index (Phi) is 7.86. The number of benzene rings is 1. The standard InChI is InChI=1S/C19H27N5O3S/c1-5-6-11-24-16(13-7-9-14(27-4)10-8-13)22-23-19(24)28-15(12(2)3)17(25)21-18(20)26/h7-10,12,15H,5-6,11H2,1-4H3,(H3,20,21,25,26). The molecule has 28 heavy (non-hydrogen) atoms. The molecule has 1 atom stereocenters. The van der Waals surface area contributed by atoms with Crippen LogP contribution in [-0.2, 0) is 11.3 Å². The highest BCUT2D eigenvalue weighted by Crippen LogP contribution is 2.31. The Morgan fingerprint density at radius 1 is 1.25 bits per heavy atom. The molecule has 0 saturated heterocycles. The summed E-state index contributed by atoms with van der Waals surface area (Å²) in [6.45, 7) is 6.67. The number of methoxy groups -OCH3 is 1. The lowest BCUT2D eigenvalue weighted by Crippen LogP contribution is -2.42. The van der Waals surface area contributed by atoms with E-state index in [2.05, 4.69) is 22.4 Å². The fourth-order valence-corrected chi connectivity index (χ4v) is 3.70. The maximum Gasteiger partial charge on any atom is 0.318 e. The summed E-state index contributed by atoms with van der Waals surface area (Å²) in [5.74, 6) is 1.05. The van der Waals surface area contributed by atoms with Gasteiger partial charge in [0.25, 0.3) is 0 Å². The molecule has 2 aromatic rings. The van der Waals surface area contributed by atoms with Gasteiger partial charge in [0.15, 0.2) is 11.0 Å². The molecule has 9 heteroatoms. The monoisotopic (exact) mass is 405 g/mol. The quantitative estimate of drug-likeness (QED) is 0.620. The number of nitrogens with one attached hydrogen (secondary N) is 1. The highest BCUT2D eigenvalue weighted by molar-refractivity contribution is 8.00. The molecule has 0 spiro atoms. The number of nitrogens with two attached hydrogens (primary N) is 1. The maximum atomic E-state index is 12.4. The normalized spacial score (nSPS) is 12.0. The van der Waals surface area contributed by atoms with E-state index in [0.717, 1.165) is 36.5 Å². The molecule has 1 aromatic heterocycles. The van der Waals surface area contributed by atoms with Gasteiger partial charge in [-0.3, -0.25) is 10.1 Å². The number of hydrogen-bond donors (Lipinski definition) is 2. The highest BCUT2D eigenvalue weighted by Gasteiger charge is 2.27. The Morgan fingerprint density at radius 3 is 2.46 bits per heavy atom. The lowest BCUT2D eigenvalue weighted by atomic mass is 10.1. The largest absolute Gasteiger partial charge is 0.497 e. The van der Waals surface area contributed by atoms with E-state index in [0.29, 0.717) is 5.16 Å². The molecule has 1 aromatic carbocycles. The van der Waals surface area contributed by atoms with Gasteiger partial charge in [0.1, 0.15) is 5.75 Å². The fraction of sp³-hybridized carbons (Fsp3) is 0.474. The van der Waals surface area contributed by atoms with Crippen molar-refractivity contribution in [3.63, 3.8) is 0 Å². The number of rotatable bonds is 9. The number of imide groups is 1. The summed E-state index contributed by atoms with van der Waals surface area (Å²) in [5, 5.41) is 11.0. The van der Waals surface area contributed by atoms with E-state index in [1.54, 1.807) is 7.11 Å². The Balaban J connectivity index is 2.35. The predicted octanol–water partition coefficient (Wildman–Crippen LogP) is 3.07. The maximum absolute atomic E-state index is 12.4. The fourth-order valence-electron chi connectivity index (χ4n) is 2.65. The van der Waals surface area contributed by atoms with Crippen LogP contribution in [-0.4, -0.2) is 39.1 Å². The number of amides is 3. The van der Waals surface area contributed by atoms with E-state index in [1.807, 2.05) is 42.7 Å². The summed E-state index contributed by atoms with van der Waals surface area (Å²) in [7, 11) is 1.62. The SMILES string of the molecule is CCCCn1c(SC(C(=O)NC(N)=O)C(C)C)nnc1-c1ccc(OC)cc1. The van der Waals surface area contributed by atoms with E-state index in [-0.39, 0.29) is 5.92 Å². The highest BCUT2D eigenvalue weighted by atomic mass is 32.2. The van der Waals surface area contributed by atoms with Crippen LogP contribution < -0.4 is 15.8 Å². The van der Waals surface area contributed by atoms with Gasteiger partial charge < -0.3 is 15.0 Å². The molecule has 3 amide bonds. The smallest absolute Gasteiger partial charge is 0.318 e. The molecular weight excluding hydrogens is 378 g/mol. The number of aromatic nitrogens is 3. The van der Waals surface area contributed by atoms with Gasteiger partial charge in [-0.2, -0.15) is 0 Å². The number of ether oxygens (including phenoxy) is 1. The van der Waals surface area contributed by atoms with Crippen LogP contribution in [0.2, 0.25) is 0 Å². The van der Waals surface area contributed by atoms with Crippen LogP contribution in [0.25, 0.3) is 11.4 Å². The zero-order chi connectivity index (χ0) is 20.7. The average molecular weight is 406 g/mol. The molecule has 2 rings (SSSR count). The summed E-state index contributed by atoms with van der Waals surface area (Å²) in [6, 6.07) is 6.75. The van der Waals surface area contributed by atoms with Crippen LogP contribution in [0.3, 0.4) is 0 Å². The van der Waals surface area contributed by atoms with Crippen molar-refractivity contribution in [3.05, 3.63) is 24.3 Å². The number of hydrogen-bond acceptors (Lipinski definition) is 6. The molecule has 8 nitrogen and oxygen atoms in total. The van der Waals surface area contributed by atoms with Gasteiger partial charge in [0.05, 0.1) is 12.4 Å². The van der Waals surface area contributed by atoms with Crippen LogP contribution in [0.1, 0.15) is 33.6 Å². The molecule has 152 valence electrons. The summed E-state index contributed by atoms with van der Waals surface area (Å²) in [4.78, 5) is 23.4. The number of carbonyl (C=O) groups excluding carboxylic acids is 2. The van der Waals surface area contributed by atoms with Crippen molar-refractivity contribution in [3.8, 4) is 17.1 Å². The molecule has 1 unspecified atom stereocenters. The van der Waals surface area contributed by atoms with Gasteiger partial charge in [-0.05, 0) is 36.6 Å². The minimum atomic E-state index is -0.859. The van der Waals surface area contributed by atoms with Crippen LogP contribution in [0.4, 0.5) is 4.79 Å². The van der Waals surface area contributed by atoms with Gasteiger partial charge in [0.2, 0.25) is 5.91 Å². The zero-order valence-corrected chi connectivity index (χ0v) is 17.5.